The van der Waals surface area contributed by atoms with Crippen LogP contribution < -0.4 is 10.9 Å². The molecule has 4 saturated carbocycles. The van der Waals surface area contributed by atoms with Crippen molar-refractivity contribution < 1.29 is 19.8 Å². The second-order valence-corrected chi connectivity index (χ2v) is 11.6. The quantitative estimate of drug-likeness (QED) is 0.542. The Labute approximate surface area is 167 Å². The highest BCUT2D eigenvalue weighted by molar-refractivity contribution is 5.90. The van der Waals surface area contributed by atoms with E-state index in [1.54, 1.807) is 0 Å². The molecule has 4 N–H and O–H groups in total. The van der Waals surface area contributed by atoms with Crippen molar-refractivity contribution in [3.63, 3.8) is 0 Å². The summed E-state index contributed by atoms with van der Waals surface area (Å²) in [5, 5.41) is 21.2. The minimum Gasteiger partial charge on any atom is -0.393 e. The van der Waals surface area contributed by atoms with Gasteiger partial charge in [0.05, 0.1) is 23.0 Å². The van der Waals surface area contributed by atoms with Gasteiger partial charge in [-0.3, -0.25) is 20.4 Å². The molecule has 0 aromatic heterocycles. The number of amides is 2. The van der Waals surface area contributed by atoms with E-state index >= 15 is 0 Å². The van der Waals surface area contributed by atoms with E-state index in [-0.39, 0.29) is 33.5 Å². The average molecular weight is 393 g/mol. The first kappa shape index (κ1) is 20.1. The van der Waals surface area contributed by atoms with E-state index in [0.29, 0.717) is 12.8 Å². The topological polar surface area (TPSA) is 98.7 Å². The van der Waals surface area contributed by atoms with Gasteiger partial charge in [0.1, 0.15) is 0 Å². The number of nitrogens with one attached hydrogen (secondary N) is 2. The van der Waals surface area contributed by atoms with Gasteiger partial charge in [-0.05, 0) is 60.2 Å². The van der Waals surface area contributed by atoms with Crippen LogP contribution >= 0.6 is 0 Å². The first-order valence-corrected chi connectivity index (χ1v) is 10.7. The van der Waals surface area contributed by atoms with Gasteiger partial charge in [0, 0.05) is 0 Å². The number of carbonyl (C=O) groups is 2. The minimum absolute atomic E-state index is 0.195. The lowest BCUT2D eigenvalue weighted by Gasteiger charge is -2.41. The second-order valence-electron chi connectivity index (χ2n) is 11.6. The standard InChI is InChI=1S/C22H36N2O4/c1-17(2)19(5)7-9-21(17,11-13(19)25)15(27)23-24-16(28)22-10-8-20(6,14(26)12-22)18(22,3)4/h13-14,25-26H,7-12H2,1-6H3,(H,23,27)(H,24,28)/t13-,14-,19-,20-,21-,22+/m1/s1. The number of carbonyl (C=O) groups excluding carboxylic acids is 2. The van der Waals surface area contributed by atoms with Crippen LogP contribution in [0.1, 0.15) is 80.1 Å². The summed E-state index contributed by atoms with van der Waals surface area (Å²) in [5.41, 5.74) is 2.87. The van der Waals surface area contributed by atoms with Crippen LogP contribution in [-0.4, -0.2) is 34.2 Å². The largest absolute Gasteiger partial charge is 0.393 e. The summed E-state index contributed by atoms with van der Waals surface area (Å²) in [6, 6.07) is 0. The van der Waals surface area contributed by atoms with E-state index in [1.165, 1.54) is 0 Å². The summed E-state index contributed by atoms with van der Waals surface area (Å²) in [6.07, 6.45) is 2.93. The molecule has 6 atom stereocenters. The van der Waals surface area contributed by atoms with Crippen molar-refractivity contribution >= 4 is 11.8 Å². The van der Waals surface area contributed by atoms with Crippen molar-refractivity contribution in [3.05, 3.63) is 0 Å². The first-order valence-electron chi connectivity index (χ1n) is 10.7. The summed E-state index contributed by atoms with van der Waals surface area (Å²) in [5.74, 6) is -0.390. The van der Waals surface area contributed by atoms with Gasteiger partial charge in [-0.15, -0.1) is 0 Å². The molecule has 158 valence electrons. The van der Waals surface area contributed by atoms with E-state index < -0.39 is 23.0 Å². The van der Waals surface area contributed by atoms with Crippen LogP contribution in [0.5, 0.6) is 0 Å². The van der Waals surface area contributed by atoms with Gasteiger partial charge < -0.3 is 10.2 Å². The lowest BCUT2D eigenvalue weighted by molar-refractivity contribution is -0.145. The maximum atomic E-state index is 13.3. The molecule has 6 nitrogen and oxygen atoms in total. The summed E-state index contributed by atoms with van der Waals surface area (Å²) in [4.78, 5) is 26.5. The lowest BCUT2D eigenvalue weighted by atomic mass is 9.64. The van der Waals surface area contributed by atoms with Gasteiger partial charge in [-0.1, -0.05) is 41.5 Å². The van der Waals surface area contributed by atoms with Gasteiger partial charge in [0.15, 0.2) is 0 Å². The zero-order chi connectivity index (χ0) is 21.0. The van der Waals surface area contributed by atoms with E-state index in [4.69, 9.17) is 0 Å². The molecule has 4 aliphatic carbocycles. The van der Waals surface area contributed by atoms with Crippen molar-refractivity contribution in [1.29, 1.82) is 0 Å². The zero-order valence-electron chi connectivity index (χ0n) is 18.1. The van der Waals surface area contributed by atoms with E-state index in [2.05, 4.69) is 52.4 Å². The van der Waals surface area contributed by atoms with Gasteiger partial charge in [-0.25, -0.2) is 0 Å². The summed E-state index contributed by atoms with van der Waals surface area (Å²) < 4.78 is 0. The van der Waals surface area contributed by atoms with Crippen LogP contribution in [0.25, 0.3) is 0 Å². The smallest absolute Gasteiger partial charge is 0.245 e. The van der Waals surface area contributed by atoms with Crippen LogP contribution in [-0.2, 0) is 9.59 Å². The Bertz CT molecular complexity index is 687. The molecule has 4 rings (SSSR count). The number of hydrogen-bond acceptors (Lipinski definition) is 4. The molecule has 0 radical (unpaired) electrons. The van der Waals surface area contributed by atoms with Gasteiger partial charge in [-0.2, -0.15) is 0 Å². The van der Waals surface area contributed by atoms with Crippen molar-refractivity contribution in [2.24, 2.45) is 32.5 Å². The Kier molecular flexibility index (Phi) is 3.82. The Hall–Kier alpha value is -1.14. The number of hydrogen-bond donors (Lipinski definition) is 4. The third-order valence-corrected chi connectivity index (χ3v) is 11.1. The highest BCUT2D eigenvalue weighted by atomic mass is 16.3. The van der Waals surface area contributed by atoms with E-state index in [9.17, 15) is 19.8 Å². The van der Waals surface area contributed by atoms with Crippen molar-refractivity contribution in [3.8, 4) is 0 Å². The van der Waals surface area contributed by atoms with Crippen LogP contribution in [0.2, 0.25) is 0 Å². The number of rotatable bonds is 2. The van der Waals surface area contributed by atoms with Crippen LogP contribution in [0.4, 0.5) is 0 Å². The van der Waals surface area contributed by atoms with Gasteiger partial charge >= 0.3 is 0 Å². The minimum atomic E-state index is -0.666. The Morgan fingerprint density at radius 1 is 0.679 bits per heavy atom. The van der Waals surface area contributed by atoms with Crippen LogP contribution in [0, 0.1) is 32.5 Å². The number of fused-ring (bicyclic) bond motifs is 4. The molecule has 0 aliphatic heterocycles. The van der Waals surface area contributed by atoms with Crippen molar-refractivity contribution in [2.75, 3.05) is 0 Å². The summed E-state index contributed by atoms with van der Waals surface area (Å²) >= 11 is 0. The maximum absolute atomic E-state index is 13.3. The molecule has 0 heterocycles. The molecule has 4 aliphatic rings. The molecule has 0 unspecified atom stereocenters. The zero-order valence-corrected chi connectivity index (χ0v) is 18.1. The van der Waals surface area contributed by atoms with Crippen molar-refractivity contribution in [1.82, 2.24) is 10.9 Å². The average Bonchev–Trinajstić information content (AvgIpc) is 3.07. The van der Waals surface area contributed by atoms with Gasteiger partial charge in [0.2, 0.25) is 11.8 Å². The Balaban J connectivity index is 1.52. The highest BCUT2D eigenvalue weighted by Gasteiger charge is 2.73. The van der Waals surface area contributed by atoms with Crippen LogP contribution in [0.3, 0.4) is 0 Å². The predicted molar refractivity (Wildman–Crippen MR) is 105 cm³/mol. The fourth-order valence-corrected chi connectivity index (χ4v) is 7.61. The van der Waals surface area contributed by atoms with Crippen LogP contribution in [0.15, 0.2) is 0 Å². The first-order chi connectivity index (χ1) is 12.7. The molecule has 0 spiro atoms. The number of hydrazine groups is 1. The SMILES string of the molecule is CC1(C)[C@@]2(C(=O)NNC(=O)[C@@]34CC[C@](C)([C@H](O)C3)C4(C)C)CC[C@]1(C)[C@H](O)C2. The highest BCUT2D eigenvalue weighted by Crippen LogP contribution is 2.73. The lowest BCUT2D eigenvalue weighted by Crippen LogP contribution is -2.56. The van der Waals surface area contributed by atoms with Crippen molar-refractivity contribution in [2.45, 2.75) is 92.3 Å². The molecule has 4 fully saturated rings. The molecular formula is C22H36N2O4. The molecule has 2 amide bonds. The summed E-state index contributed by atoms with van der Waals surface area (Å²) in [7, 11) is 0. The number of aliphatic hydroxyl groups excluding tert-OH is 2. The molecule has 0 saturated heterocycles. The molecule has 0 aromatic carbocycles. The Morgan fingerprint density at radius 3 is 1.21 bits per heavy atom. The molecular weight excluding hydrogens is 356 g/mol. The fourth-order valence-electron chi connectivity index (χ4n) is 7.61. The van der Waals surface area contributed by atoms with E-state index in [0.717, 1.165) is 25.7 Å². The van der Waals surface area contributed by atoms with Gasteiger partial charge in [0.25, 0.3) is 0 Å². The third kappa shape index (κ3) is 1.83. The third-order valence-electron chi connectivity index (χ3n) is 11.1. The molecule has 0 aromatic rings. The fraction of sp³-hybridized carbons (Fsp3) is 0.909. The monoisotopic (exact) mass is 392 g/mol. The predicted octanol–water partition coefficient (Wildman–Crippen LogP) is 2.29. The maximum Gasteiger partial charge on any atom is 0.245 e. The second kappa shape index (κ2) is 5.31. The summed E-state index contributed by atoms with van der Waals surface area (Å²) in [6.45, 7) is 12.4. The molecule has 4 bridgehead atoms. The normalized spacial score (nSPS) is 50.0. The number of aliphatic hydroxyl groups is 2. The van der Waals surface area contributed by atoms with E-state index in [1.807, 2.05) is 0 Å². The Morgan fingerprint density at radius 2 is 1.00 bits per heavy atom. The molecule has 6 heteroatoms. The molecule has 28 heavy (non-hydrogen) atoms.